The van der Waals surface area contributed by atoms with Crippen LogP contribution >= 0.6 is 0 Å². The van der Waals surface area contributed by atoms with Crippen molar-refractivity contribution in [2.45, 2.75) is 38.5 Å². The van der Waals surface area contributed by atoms with Gasteiger partial charge in [0.05, 0.1) is 17.8 Å². The van der Waals surface area contributed by atoms with Crippen molar-refractivity contribution < 1.29 is 4.79 Å². The van der Waals surface area contributed by atoms with Crippen molar-refractivity contribution in [3.05, 3.63) is 59.9 Å². The van der Waals surface area contributed by atoms with Crippen LogP contribution in [0.3, 0.4) is 0 Å². The monoisotopic (exact) mass is 443 g/mol. The number of nitrogens with zero attached hydrogens (tertiary/aromatic N) is 4. The average molecular weight is 444 g/mol. The van der Waals surface area contributed by atoms with Gasteiger partial charge in [-0.2, -0.15) is 5.10 Å². The van der Waals surface area contributed by atoms with E-state index in [1.165, 1.54) is 33.3 Å². The molecule has 1 aliphatic heterocycles. The fourth-order valence-corrected chi connectivity index (χ4v) is 5.22. The maximum absolute atomic E-state index is 12.4. The van der Waals surface area contributed by atoms with E-state index in [0.717, 1.165) is 31.4 Å². The lowest BCUT2D eigenvalue weighted by Gasteiger charge is -2.33. The number of likely N-dealkylation sites (N-methyl/N-ethyl adjacent to an activating group) is 1. The maximum Gasteiger partial charge on any atom is 0.236 e. The van der Waals surface area contributed by atoms with E-state index < -0.39 is 0 Å². The Bertz CT molecular complexity index is 1290. The molecule has 1 saturated heterocycles. The third-order valence-corrected chi connectivity index (χ3v) is 6.90. The quantitative estimate of drug-likeness (QED) is 0.479. The summed E-state index contributed by atoms with van der Waals surface area (Å²) in [7, 11) is 3.90. The number of fused-ring (bicyclic) bond motifs is 2. The van der Waals surface area contributed by atoms with Crippen LogP contribution in [0.25, 0.3) is 27.7 Å². The summed E-state index contributed by atoms with van der Waals surface area (Å²) in [5.74, 6) is 1.14. The van der Waals surface area contributed by atoms with E-state index in [1.807, 2.05) is 46.9 Å². The number of rotatable bonds is 5. The van der Waals surface area contributed by atoms with Gasteiger partial charge in [-0.25, -0.2) is 4.52 Å². The molecule has 1 aromatic carbocycles. The number of nitrogens with one attached hydrogen (secondary N) is 1. The number of carbonyl (C=O) groups is 1. The molecule has 5 rings (SSSR count). The summed E-state index contributed by atoms with van der Waals surface area (Å²) in [5.41, 5.74) is 7.43. The second kappa shape index (κ2) is 8.67. The number of benzene rings is 1. The second-order valence-corrected chi connectivity index (χ2v) is 9.88. The average Bonchev–Trinajstić information content (AvgIpc) is 3.42. The van der Waals surface area contributed by atoms with Gasteiger partial charge < -0.3 is 14.8 Å². The van der Waals surface area contributed by atoms with Gasteiger partial charge in [0.1, 0.15) is 0 Å². The zero-order valence-electron chi connectivity index (χ0n) is 20.0. The number of pyridine rings is 1. The van der Waals surface area contributed by atoms with E-state index >= 15 is 0 Å². The normalized spacial score (nSPS) is 15.4. The van der Waals surface area contributed by atoms with Crippen LogP contribution in [0.15, 0.2) is 48.8 Å². The number of hydrogen-bond acceptors (Lipinski definition) is 3. The molecule has 1 amide bonds. The highest BCUT2D eigenvalue weighted by Gasteiger charge is 2.25. The van der Waals surface area contributed by atoms with Crippen molar-refractivity contribution >= 4 is 22.3 Å². The summed E-state index contributed by atoms with van der Waals surface area (Å²) < 4.78 is 1.90. The van der Waals surface area contributed by atoms with Crippen LogP contribution in [-0.4, -0.2) is 64.0 Å². The van der Waals surface area contributed by atoms with Gasteiger partial charge in [0.2, 0.25) is 5.91 Å². The number of hydrogen-bond donors (Lipinski definition) is 1. The summed E-state index contributed by atoms with van der Waals surface area (Å²) in [5, 5.41) is 5.64. The van der Waals surface area contributed by atoms with Crippen molar-refractivity contribution in [2.24, 2.45) is 0 Å². The molecule has 0 bridgehead atoms. The molecule has 6 heteroatoms. The Morgan fingerprint density at radius 2 is 1.94 bits per heavy atom. The van der Waals surface area contributed by atoms with E-state index in [-0.39, 0.29) is 5.91 Å². The van der Waals surface area contributed by atoms with Crippen LogP contribution in [0.4, 0.5) is 0 Å². The second-order valence-electron chi connectivity index (χ2n) is 9.88. The SMILES string of the molecule is CC(C)c1c(-c2ccn3nccc3c2)[nH]c2ccc(C3CCN(C(=O)CN(C)C)CC3)cc12. The molecule has 1 fully saturated rings. The number of aromatic nitrogens is 3. The Morgan fingerprint density at radius 3 is 2.67 bits per heavy atom. The molecule has 4 aromatic rings. The topological polar surface area (TPSA) is 56.6 Å². The summed E-state index contributed by atoms with van der Waals surface area (Å²) in [6.07, 6.45) is 5.91. The van der Waals surface area contributed by atoms with Gasteiger partial charge in [-0.3, -0.25) is 4.79 Å². The molecule has 0 spiro atoms. The number of carbonyl (C=O) groups excluding carboxylic acids is 1. The first-order chi connectivity index (χ1) is 15.9. The Balaban J connectivity index is 1.44. The smallest absolute Gasteiger partial charge is 0.236 e. The third-order valence-electron chi connectivity index (χ3n) is 6.90. The number of H-pyrrole nitrogens is 1. The molecular formula is C27H33N5O. The van der Waals surface area contributed by atoms with Crippen LogP contribution in [0.5, 0.6) is 0 Å². The van der Waals surface area contributed by atoms with E-state index in [2.05, 4.69) is 54.3 Å². The first-order valence-corrected chi connectivity index (χ1v) is 11.9. The Labute approximate surface area is 195 Å². The molecule has 0 unspecified atom stereocenters. The van der Waals surface area contributed by atoms with Gasteiger partial charge in [-0.05, 0) is 80.2 Å². The van der Waals surface area contributed by atoms with Gasteiger partial charge in [-0.1, -0.05) is 19.9 Å². The lowest BCUT2D eigenvalue weighted by Crippen LogP contribution is -2.42. The van der Waals surface area contributed by atoms with E-state index in [1.54, 1.807) is 0 Å². The van der Waals surface area contributed by atoms with Crippen LogP contribution in [0, 0.1) is 0 Å². The lowest BCUT2D eigenvalue weighted by atomic mass is 9.87. The lowest BCUT2D eigenvalue weighted by molar-refractivity contribution is -0.132. The molecule has 1 N–H and O–H groups in total. The minimum absolute atomic E-state index is 0.237. The predicted molar refractivity (Wildman–Crippen MR) is 134 cm³/mol. The minimum Gasteiger partial charge on any atom is -0.354 e. The first-order valence-electron chi connectivity index (χ1n) is 11.9. The minimum atomic E-state index is 0.237. The van der Waals surface area contributed by atoms with Crippen molar-refractivity contribution in [3.63, 3.8) is 0 Å². The molecule has 3 aromatic heterocycles. The molecule has 1 aliphatic rings. The Morgan fingerprint density at radius 1 is 1.15 bits per heavy atom. The molecule has 33 heavy (non-hydrogen) atoms. The number of amides is 1. The van der Waals surface area contributed by atoms with Crippen LogP contribution in [0.2, 0.25) is 0 Å². The highest BCUT2D eigenvalue weighted by molar-refractivity contribution is 5.92. The molecule has 0 radical (unpaired) electrons. The Kier molecular flexibility index (Phi) is 5.71. The molecular weight excluding hydrogens is 410 g/mol. The highest BCUT2D eigenvalue weighted by atomic mass is 16.2. The van der Waals surface area contributed by atoms with Gasteiger partial charge >= 0.3 is 0 Å². The number of aromatic amines is 1. The van der Waals surface area contributed by atoms with Gasteiger partial charge in [0.25, 0.3) is 0 Å². The Hall–Kier alpha value is -3.12. The molecule has 0 atom stereocenters. The van der Waals surface area contributed by atoms with Gasteiger partial charge in [0.15, 0.2) is 0 Å². The molecule has 0 aliphatic carbocycles. The molecule has 172 valence electrons. The standard InChI is InChI=1S/C27H33N5O/c1-18(2)26-23-16-20(19-8-12-31(13-9-19)25(33)17-30(3)4)5-6-24(23)29-27(26)21-10-14-32-22(15-21)7-11-28-32/h5-7,10-11,14-16,18-19,29H,8-9,12-13,17H2,1-4H3. The van der Waals surface area contributed by atoms with E-state index in [9.17, 15) is 4.79 Å². The van der Waals surface area contributed by atoms with Crippen LogP contribution < -0.4 is 0 Å². The van der Waals surface area contributed by atoms with Crippen molar-refractivity contribution in [1.29, 1.82) is 0 Å². The zero-order valence-corrected chi connectivity index (χ0v) is 20.0. The summed E-state index contributed by atoms with van der Waals surface area (Å²) in [6, 6.07) is 13.3. The predicted octanol–water partition coefficient (Wildman–Crippen LogP) is 4.87. The fourth-order valence-electron chi connectivity index (χ4n) is 5.22. The fraction of sp³-hybridized carbons (Fsp3) is 0.407. The maximum atomic E-state index is 12.4. The largest absolute Gasteiger partial charge is 0.354 e. The molecule has 4 heterocycles. The summed E-state index contributed by atoms with van der Waals surface area (Å²) in [4.78, 5) is 20.1. The van der Waals surface area contributed by atoms with E-state index in [4.69, 9.17) is 0 Å². The molecule has 6 nitrogen and oxygen atoms in total. The molecule has 0 saturated carbocycles. The van der Waals surface area contributed by atoms with Crippen LogP contribution in [0.1, 0.15) is 49.7 Å². The highest BCUT2D eigenvalue weighted by Crippen LogP contribution is 2.38. The number of piperidine rings is 1. The third kappa shape index (κ3) is 4.15. The van der Waals surface area contributed by atoms with Crippen molar-refractivity contribution in [1.82, 2.24) is 24.4 Å². The summed E-state index contributed by atoms with van der Waals surface area (Å²) >= 11 is 0. The van der Waals surface area contributed by atoms with Crippen LogP contribution in [-0.2, 0) is 4.79 Å². The van der Waals surface area contributed by atoms with Gasteiger partial charge in [0, 0.05) is 41.9 Å². The zero-order chi connectivity index (χ0) is 23.1. The van der Waals surface area contributed by atoms with E-state index in [0.29, 0.717) is 18.4 Å². The number of likely N-dealkylation sites (tertiary alicyclic amines) is 1. The first kappa shape index (κ1) is 21.7. The van der Waals surface area contributed by atoms with Gasteiger partial charge in [-0.15, -0.1) is 0 Å². The summed E-state index contributed by atoms with van der Waals surface area (Å²) in [6.45, 7) is 6.72. The van der Waals surface area contributed by atoms with Crippen molar-refractivity contribution in [2.75, 3.05) is 33.7 Å². The van der Waals surface area contributed by atoms with Crippen molar-refractivity contribution in [3.8, 4) is 11.3 Å².